The summed E-state index contributed by atoms with van der Waals surface area (Å²) < 4.78 is 35.8. The third-order valence-corrected chi connectivity index (χ3v) is 13.9. The van der Waals surface area contributed by atoms with Crippen LogP contribution in [-0.2, 0) is 28.2 Å². The average Bonchev–Trinajstić information content (AvgIpc) is 3.72. The molecule has 0 radical (unpaired) electrons. The third-order valence-electron chi connectivity index (χ3n) is 11.3. The Kier molecular flexibility index (Phi) is 9.84. The number of aromatic nitrogens is 2. The smallest absolute Gasteiger partial charge is 0.286 e. The van der Waals surface area contributed by atoms with Crippen molar-refractivity contribution in [3.63, 3.8) is 0 Å². The summed E-state index contributed by atoms with van der Waals surface area (Å²) in [5, 5.41) is 4.16. The Bertz CT molecular complexity index is 1940. The summed E-state index contributed by atoms with van der Waals surface area (Å²) in [6.07, 6.45) is 11.8. The SMILES string of the molecule is COC1/C=C/CC(C)C(C)S(=O)(NC(=O)c2cnn(C)c2)=NC(=O)c2ccc3c(c2)N(Cc2ccc(Cl)cc2C2CC2CCO3)CC2CCC21. The van der Waals surface area contributed by atoms with Gasteiger partial charge in [0.1, 0.15) is 15.7 Å². The molecule has 0 saturated heterocycles. The van der Waals surface area contributed by atoms with Gasteiger partial charge in [0.05, 0.1) is 35.4 Å². The summed E-state index contributed by atoms with van der Waals surface area (Å²) in [6.45, 7) is 5.66. The van der Waals surface area contributed by atoms with Gasteiger partial charge in [0.2, 0.25) is 0 Å². The van der Waals surface area contributed by atoms with Gasteiger partial charge in [-0.25, -0.2) is 4.21 Å². The first kappa shape index (κ1) is 34.8. The molecule has 4 aliphatic rings. The fourth-order valence-electron chi connectivity index (χ4n) is 7.77. The fourth-order valence-corrected chi connectivity index (χ4v) is 9.82. The molecule has 2 aromatic carbocycles. The summed E-state index contributed by atoms with van der Waals surface area (Å²) in [6, 6.07) is 11.6. The molecule has 1 N–H and O–H groups in total. The molecule has 3 aromatic rings. The van der Waals surface area contributed by atoms with Crippen LogP contribution in [0.3, 0.4) is 0 Å². The molecule has 0 spiro atoms. The van der Waals surface area contributed by atoms with Crippen LogP contribution in [0.2, 0.25) is 5.02 Å². The second-order valence-electron chi connectivity index (χ2n) is 14.5. The maximum absolute atomic E-state index is 14.8. The summed E-state index contributed by atoms with van der Waals surface area (Å²) >= 11 is 6.54. The molecule has 2 bridgehead atoms. The molecule has 7 rings (SSSR count). The number of ether oxygens (including phenoxy) is 2. The van der Waals surface area contributed by atoms with Gasteiger partial charge in [0.15, 0.2) is 0 Å². The molecule has 2 aliphatic carbocycles. The molecule has 50 heavy (non-hydrogen) atoms. The molecule has 266 valence electrons. The molecule has 8 unspecified atom stereocenters. The van der Waals surface area contributed by atoms with Crippen LogP contribution in [0.1, 0.15) is 83.7 Å². The van der Waals surface area contributed by atoms with Gasteiger partial charge in [-0.05, 0) is 110 Å². The Morgan fingerprint density at radius 3 is 2.70 bits per heavy atom. The number of amides is 2. The fraction of sp³-hybridized carbons (Fsp3) is 0.500. The van der Waals surface area contributed by atoms with Gasteiger partial charge >= 0.3 is 0 Å². The van der Waals surface area contributed by atoms with Gasteiger partial charge < -0.3 is 14.4 Å². The highest BCUT2D eigenvalue weighted by Gasteiger charge is 2.41. The number of benzene rings is 2. The van der Waals surface area contributed by atoms with Gasteiger partial charge in [-0.15, -0.1) is 4.36 Å². The number of halogens is 1. The Balaban J connectivity index is 1.34. The zero-order valence-electron chi connectivity index (χ0n) is 29.1. The number of carbonyl (C=O) groups excluding carboxylic acids is 2. The van der Waals surface area contributed by atoms with E-state index in [0.29, 0.717) is 49.0 Å². The summed E-state index contributed by atoms with van der Waals surface area (Å²) in [5.41, 5.74) is 3.81. The lowest BCUT2D eigenvalue weighted by Crippen LogP contribution is -2.43. The third kappa shape index (κ3) is 7.09. The number of aryl methyl sites for hydroxylation is 1. The van der Waals surface area contributed by atoms with Crippen molar-refractivity contribution >= 4 is 39.0 Å². The molecule has 3 heterocycles. The van der Waals surface area contributed by atoms with Crippen molar-refractivity contribution in [3.05, 3.63) is 88.2 Å². The van der Waals surface area contributed by atoms with Crippen LogP contribution in [0, 0.1) is 23.7 Å². The topological polar surface area (TPSA) is 115 Å². The van der Waals surface area contributed by atoms with Crippen LogP contribution in [0.4, 0.5) is 5.69 Å². The second kappa shape index (κ2) is 14.2. The molecule has 2 aliphatic heterocycles. The molecule has 1 aromatic heterocycles. The summed E-state index contributed by atoms with van der Waals surface area (Å²) in [5.74, 6) is 0.942. The van der Waals surface area contributed by atoms with Crippen molar-refractivity contribution in [2.24, 2.45) is 35.1 Å². The van der Waals surface area contributed by atoms with E-state index in [0.717, 1.165) is 42.9 Å². The van der Waals surface area contributed by atoms with E-state index in [1.165, 1.54) is 28.2 Å². The second-order valence-corrected chi connectivity index (χ2v) is 17.2. The van der Waals surface area contributed by atoms with Crippen LogP contribution in [0.5, 0.6) is 5.75 Å². The minimum Gasteiger partial charge on any atom is -0.491 e. The molecule has 2 saturated carbocycles. The van der Waals surface area contributed by atoms with E-state index in [-0.39, 0.29) is 23.1 Å². The van der Waals surface area contributed by atoms with Crippen molar-refractivity contribution in [1.29, 1.82) is 0 Å². The number of hydrogen-bond acceptors (Lipinski definition) is 7. The molecule has 2 amide bonds. The van der Waals surface area contributed by atoms with Crippen LogP contribution in [0.25, 0.3) is 0 Å². The molecule has 10 nitrogen and oxygen atoms in total. The maximum Gasteiger partial charge on any atom is 0.286 e. The van der Waals surface area contributed by atoms with Crippen LogP contribution >= 0.6 is 11.6 Å². The Morgan fingerprint density at radius 1 is 1.12 bits per heavy atom. The first-order valence-electron chi connectivity index (χ1n) is 17.6. The van der Waals surface area contributed by atoms with Crippen molar-refractivity contribution < 1.29 is 23.3 Å². The lowest BCUT2D eigenvalue weighted by Gasteiger charge is -2.43. The van der Waals surface area contributed by atoms with Crippen molar-refractivity contribution in [2.45, 2.75) is 69.8 Å². The van der Waals surface area contributed by atoms with Gasteiger partial charge in [-0.2, -0.15) is 5.10 Å². The normalized spacial score (nSPS) is 31.7. The lowest BCUT2D eigenvalue weighted by molar-refractivity contribution is 0.0133. The molecule has 8 atom stereocenters. The predicted octanol–water partition coefficient (Wildman–Crippen LogP) is 6.95. The van der Waals surface area contributed by atoms with E-state index in [1.54, 1.807) is 27.1 Å². The largest absolute Gasteiger partial charge is 0.491 e. The Labute approximate surface area is 299 Å². The number of rotatable bonds is 3. The maximum atomic E-state index is 14.8. The number of allylic oxidation sites excluding steroid dienone is 1. The number of carbonyl (C=O) groups is 2. The molecule has 2 fully saturated rings. The number of nitrogens with one attached hydrogen (secondary N) is 1. The standard InChI is InChI=1S/C38H46ClN5O5S/c1-23-6-5-7-35(48-4)31-12-9-27(31)21-44-22-28-8-11-30(39)18-33(28)32-16-25(32)14-15-49-36-13-10-26(17-34(36)44)37(45)41-50(47,24(23)2)42-38(46)29-19-40-43(3)20-29/h5,7-8,10-11,13,17-20,23-25,27,31-32,35H,6,9,12,14-16,21-22H2,1-4H3,(H,41,42,45,46,47)/b7-5+. The minimum absolute atomic E-state index is 0.0747. The van der Waals surface area contributed by atoms with E-state index in [1.807, 2.05) is 25.1 Å². The molecular formula is C38H46ClN5O5S. The zero-order valence-corrected chi connectivity index (χ0v) is 30.7. The first-order chi connectivity index (χ1) is 24.0. The van der Waals surface area contributed by atoms with Crippen LogP contribution in [-0.4, -0.2) is 57.4 Å². The first-order valence-corrected chi connectivity index (χ1v) is 19.6. The molecular weight excluding hydrogens is 674 g/mol. The number of fused-ring (bicyclic) bond motifs is 5. The minimum atomic E-state index is -3.60. The van der Waals surface area contributed by atoms with E-state index in [2.05, 4.69) is 43.4 Å². The highest BCUT2D eigenvalue weighted by Crippen LogP contribution is 2.52. The van der Waals surface area contributed by atoms with Crippen molar-refractivity contribution in [1.82, 2.24) is 14.5 Å². The highest BCUT2D eigenvalue weighted by molar-refractivity contribution is 7.93. The zero-order chi connectivity index (χ0) is 35.2. The summed E-state index contributed by atoms with van der Waals surface area (Å²) in [7, 11) is -0.146. The van der Waals surface area contributed by atoms with Gasteiger partial charge in [-0.1, -0.05) is 36.7 Å². The van der Waals surface area contributed by atoms with Gasteiger partial charge in [0.25, 0.3) is 11.8 Å². The number of anilines is 1. The van der Waals surface area contributed by atoms with Gasteiger partial charge in [0, 0.05) is 44.0 Å². The van der Waals surface area contributed by atoms with E-state index in [9.17, 15) is 13.8 Å². The Hall–Kier alpha value is -3.67. The van der Waals surface area contributed by atoms with E-state index in [4.69, 9.17) is 21.1 Å². The number of methoxy groups -OCH3 is 1. The quantitative estimate of drug-likeness (QED) is 0.292. The number of hydrogen-bond donors (Lipinski definition) is 1. The van der Waals surface area contributed by atoms with E-state index < -0.39 is 27.0 Å². The lowest BCUT2D eigenvalue weighted by atomic mass is 9.70. The highest BCUT2D eigenvalue weighted by atomic mass is 35.5. The van der Waals surface area contributed by atoms with Crippen LogP contribution in [0.15, 0.2) is 65.3 Å². The van der Waals surface area contributed by atoms with E-state index >= 15 is 0 Å². The monoisotopic (exact) mass is 719 g/mol. The molecule has 12 heteroatoms. The number of nitrogens with zero attached hydrogens (tertiary/aromatic N) is 4. The summed E-state index contributed by atoms with van der Waals surface area (Å²) in [4.78, 5) is 29.8. The van der Waals surface area contributed by atoms with Crippen molar-refractivity contribution in [3.8, 4) is 5.75 Å². The van der Waals surface area contributed by atoms with Gasteiger partial charge in [-0.3, -0.25) is 19.0 Å². The van der Waals surface area contributed by atoms with Crippen molar-refractivity contribution in [2.75, 3.05) is 25.2 Å². The average molecular weight is 720 g/mol. The Morgan fingerprint density at radius 2 is 1.96 bits per heavy atom. The van der Waals surface area contributed by atoms with Crippen LogP contribution < -0.4 is 14.4 Å². The predicted molar refractivity (Wildman–Crippen MR) is 195 cm³/mol.